The maximum Gasteiger partial charge on any atom is 0.0408 e. The molecule has 70 valence electrons. The third-order valence-corrected chi connectivity index (χ3v) is 3.35. The molecular weight excluding hydrogens is 182 g/mol. The van der Waals surface area contributed by atoms with Crippen LogP contribution in [-0.4, -0.2) is 6.04 Å². The lowest BCUT2D eigenvalue weighted by molar-refractivity contribution is 0.599. The number of rotatable bonds is 1. The lowest BCUT2D eigenvalue weighted by Gasteiger charge is -2.02. The monoisotopic (exact) mass is 195 g/mol. The standard InChI is InChI=1S/C11H14ClN/c1-11(2)9(10(11)13)7-4-3-5-8(12)6-7/h3-6,9-10H,13H2,1-2H3. The molecule has 1 saturated carbocycles. The van der Waals surface area contributed by atoms with E-state index >= 15 is 0 Å². The van der Waals surface area contributed by atoms with E-state index in [2.05, 4.69) is 19.9 Å². The zero-order valence-electron chi connectivity index (χ0n) is 7.92. The first kappa shape index (κ1) is 9.04. The van der Waals surface area contributed by atoms with Crippen molar-refractivity contribution in [3.05, 3.63) is 34.9 Å². The molecule has 2 unspecified atom stereocenters. The second kappa shape index (κ2) is 2.73. The lowest BCUT2D eigenvalue weighted by atomic mass is 10.0. The van der Waals surface area contributed by atoms with Gasteiger partial charge in [0, 0.05) is 17.0 Å². The average Bonchev–Trinajstić information content (AvgIpc) is 2.51. The van der Waals surface area contributed by atoms with Crippen LogP contribution >= 0.6 is 11.6 Å². The third-order valence-electron chi connectivity index (χ3n) is 3.12. The molecule has 13 heavy (non-hydrogen) atoms. The van der Waals surface area contributed by atoms with Crippen LogP contribution in [0.4, 0.5) is 0 Å². The first-order valence-corrected chi connectivity index (χ1v) is 4.92. The molecule has 0 radical (unpaired) electrons. The molecule has 0 heterocycles. The Morgan fingerprint density at radius 2 is 2.00 bits per heavy atom. The van der Waals surface area contributed by atoms with Gasteiger partial charge in [-0.2, -0.15) is 0 Å². The molecule has 0 spiro atoms. The number of benzene rings is 1. The molecule has 1 aliphatic carbocycles. The third kappa shape index (κ3) is 1.36. The number of halogens is 1. The van der Waals surface area contributed by atoms with Gasteiger partial charge in [-0.3, -0.25) is 0 Å². The van der Waals surface area contributed by atoms with Crippen molar-refractivity contribution in [1.29, 1.82) is 0 Å². The van der Waals surface area contributed by atoms with Gasteiger partial charge in [-0.1, -0.05) is 37.6 Å². The van der Waals surface area contributed by atoms with Gasteiger partial charge in [0.25, 0.3) is 0 Å². The van der Waals surface area contributed by atoms with Gasteiger partial charge in [0.05, 0.1) is 0 Å². The summed E-state index contributed by atoms with van der Waals surface area (Å²) < 4.78 is 0. The molecular formula is C11H14ClN. The molecule has 2 heteroatoms. The van der Waals surface area contributed by atoms with E-state index in [1.165, 1.54) is 5.56 Å². The van der Waals surface area contributed by atoms with E-state index in [-0.39, 0.29) is 11.5 Å². The summed E-state index contributed by atoms with van der Waals surface area (Å²) in [6.07, 6.45) is 0. The summed E-state index contributed by atoms with van der Waals surface area (Å²) >= 11 is 5.92. The Balaban J connectivity index is 2.29. The van der Waals surface area contributed by atoms with E-state index in [0.29, 0.717) is 5.92 Å². The predicted molar refractivity (Wildman–Crippen MR) is 55.9 cm³/mol. The maximum atomic E-state index is 5.98. The molecule has 2 rings (SSSR count). The van der Waals surface area contributed by atoms with Gasteiger partial charge in [0.2, 0.25) is 0 Å². The Morgan fingerprint density at radius 3 is 2.46 bits per heavy atom. The highest BCUT2D eigenvalue weighted by atomic mass is 35.5. The van der Waals surface area contributed by atoms with Crippen molar-refractivity contribution >= 4 is 11.6 Å². The summed E-state index contributed by atoms with van der Waals surface area (Å²) in [5, 5.41) is 0.799. The second-order valence-corrected chi connectivity index (χ2v) is 4.82. The van der Waals surface area contributed by atoms with Crippen LogP contribution in [0.3, 0.4) is 0 Å². The van der Waals surface area contributed by atoms with Crippen molar-refractivity contribution in [1.82, 2.24) is 0 Å². The zero-order chi connectivity index (χ0) is 9.64. The molecule has 1 nitrogen and oxygen atoms in total. The fourth-order valence-corrected chi connectivity index (χ4v) is 2.21. The largest absolute Gasteiger partial charge is 0.327 e. The van der Waals surface area contributed by atoms with Crippen LogP contribution in [-0.2, 0) is 0 Å². The van der Waals surface area contributed by atoms with E-state index in [4.69, 9.17) is 17.3 Å². The Bertz CT molecular complexity index is 333. The van der Waals surface area contributed by atoms with Gasteiger partial charge in [0.15, 0.2) is 0 Å². The smallest absolute Gasteiger partial charge is 0.0408 e. The molecule has 0 saturated heterocycles. The Kier molecular flexibility index (Phi) is 1.90. The van der Waals surface area contributed by atoms with Crippen LogP contribution < -0.4 is 5.73 Å². The summed E-state index contributed by atoms with van der Waals surface area (Å²) in [5.74, 6) is 0.478. The highest BCUT2D eigenvalue weighted by Gasteiger charge is 2.55. The van der Waals surface area contributed by atoms with E-state index in [1.54, 1.807) is 0 Å². The van der Waals surface area contributed by atoms with Crippen LogP contribution in [0.25, 0.3) is 0 Å². The summed E-state index contributed by atoms with van der Waals surface area (Å²) in [6, 6.07) is 8.28. The Labute approximate surface area is 83.9 Å². The van der Waals surface area contributed by atoms with Crippen LogP contribution in [0.1, 0.15) is 25.3 Å². The molecule has 1 aliphatic rings. The number of hydrogen-bond donors (Lipinski definition) is 1. The molecule has 1 fully saturated rings. The van der Waals surface area contributed by atoms with E-state index in [9.17, 15) is 0 Å². The highest BCUT2D eigenvalue weighted by molar-refractivity contribution is 6.30. The summed E-state index contributed by atoms with van der Waals surface area (Å²) in [5.41, 5.74) is 7.49. The first-order valence-electron chi connectivity index (χ1n) is 4.54. The van der Waals surface area contributed by atoms with Crippen LogP contribution in [0.5, 0.6) is 0 Å². The second-order valence-electron chi connectivity index (χ2n) is 4.38. The minimum Gasteiger partial charge on any atom is -0.327 e. The first-order chi connectivity index (χ1) is 6.03. The minimum atomic E-state index is 0.241. The van der Waals surface area contributed by atoms with Crippen molar-refractivity contribution < 1.29 is 0 Å². The van der Waals surface area contributed by atoms with Gasteiger partial charge in [-0.05, 0) is 23.1 Å². The van der Waals surface area contributed by atoms with Crippen molar-refractivity contribution in [2.24, 2.45) is 11.1 Å². The van der Waals surface area contributed by atoms with Crippen LogP contribution in [0.15, 0.2) is 24.3 Å². The van der Waals surface area contributed by atoms with Gasteiger partial charge in [-0.25, -0.2) is 0 Å². The van der Waals surface area contributed by atoms with Gasteiger partial charge >= 0.3 is 0 Å². The number of nitrogens with two attached hydrogens (primary N) is 1. The van der Waals surface area contributed by atoms with Gasteiger partial charge in [-0.15, -0.1) is 0 Å². The molecule has 2 atom stereocenters. The van der Waals surface area contributed by atoms with Gasteiger partial charge in [0.1, 0.15) is 0 Å². The van der Waals surface area contributed by atoms with Crippen molar-refractivity contribution in [3.8, 4) is 0 Å². The predicted octanol–water partition coefficient (Wildman–Crippen LogP) is 2.79. The topological polar surface area (TPSA) is 26.0 Å². The van der Waals surface area contributed by atoms with Crippen LogP contribution in [0.2, 0.25) is 5.02 Å². The normalized spacial score (nSPS) is 30.2. The van der Waals surface area contributed by atoms with Crippen LogP contribution in [0, 0.1) is 5.41 Å². The molecule has 2 N–H and O–H groups in total. The number of hydrogen-bond acceptors (Lipinski definition) is 1. The molecule has 0 aromatic heterocycles. The summed E-state index contributed by atoms with van der Waals surface area (Å²) in [7, 11) is 0. The minimum absolute atomic E-state index is 0.241. The quantitative estimate of drug-likeness (QED) is 0.733. The maximum absolute atomic E-state index is 5.98. The highest BCUT2D eigenvalue weighted by Crippen LogP contribution is 2.57. The lowest BCUT2D eigenvalue weighted by Crippen LogP contribution is -2.06. The van der Waals surface area contributed by atoms with Gasteiger partial charge < -0.3 is 5.73 Å². The van der Waals surface area contributed by atoms with Crippen molar-refractivity contribution in [2.45, 2.75) is 25.8 Å². The summed E-state index contributed by atoms with van der Waals surface area (Å²) in [4.78, 5) is 0. The molecule has 0 aliphatic heterocycles. The fourth-order valence-electron chi connectivity index (χ4n) is 2.01. The molecule has 0 amide bonds. The van der Waals surface area contributed by atoms with E-state index < -0.39 is 0 Å². The molecule has 1 aromatic rings. The Morgan fingerprint density at radius 1 is 1.38 bits per heavy atom. The molecule has 0 bridgehead atoms. The summed E-state index contributed by atoms with van der Waals surface area (Å²) in [6.45, 7) is 4.40. The van der Waals surface area contributed by atoms with Crippen molar-refractivity contribution in [3.63, 3.8) is 0 Å². The van der Waals surface area contributed by atoms with E-state index in [0.717, 1.165) is 5.02 Å². The fraction of sp³-hybridized carbons (Fsp3) is 0.455. The zero-order valence-corrected chi connectivity index (χ0v) is 8.68. The molecule has 1 aromatic carbocycles. The van der Waals surface area contributed by atoms with E-state index in [1.807, 2.05) is 18.2 Å². The van der Waals surface area contributed by atoms with Crippen molar-refractivity contribution in [2.75, 3.05) is 0 Å². The average molecular weight is 196 g/mol. The SMILES string of the molecule is CC1(C)C(N)C1c1cccc(Cl)c1. The Hall–Kier alpha value is -0.530.